The van der Waals surface area contributed by atoms with Gasteiger partial charge in [0.05, 0.1) is 11.1 Å². The Morgan fingerprint density at radius 3 is 2.84 bits per heavy atom. The first kappa shape index (κ1) is 14.1. The van der Waals surface area contributed by atoms with E-state index in [1.165, 1.54) is 0 Å². The van der Waals surface area contributed by atoms with Gasteiger partial charge in [-0.1, -0.05) is 6.92 Å². The lowest BCUT2D eigenvalue weighted by molar-refractivity contribution is -0.149. The molecule has 0 amide bonds. The first-order valence-corrected chi connectivity index (χ1v) is 7.01. The molecule has 0 aromatic carbocycles. The first-order valence-electron chi connectivity index (χ1n) is 7.01. The van der Waals surface area contributed by atoms with Crippen molar-refractivity contribution in [2.45, 2.75) is 45.6 Å². The SMILES string of the molecule is CCC(C)n1ccc(CC(CN)(C(=O)O)C2CC2)n1. The largest absolute Gasteiger partial charge is 0.481 e. The Morgan fingerprint density at radius 2 is 2.37 bits per heavy atom. The minimum Gasteiger partial charge on any atom is -0.481 e. The number of hydrogen-bond acceptors (Lipinski definition) is 3. The molecule has 1 aromatic heterocycles. The maximum Gasteiger partial charge on any atom is 0.311 e. The van der Waals surface area contributed by atoms with Gasteiger partial charge in [0.15, 0.2) is 0 Å². The van der Waals surface area contributed by atoms with Crippen LogP contribution >= 0.6 is 0 Å². The van der Waals surface area contributed by atoms with E-state index in [2.05, 4.69) is 18.9 Å². The van der Waals surface area contributed by atoms with E-state index >= 15 is 0 Å². The van der Waals surface area contributed by atoms with Crippen molar-refractivity contribution in [3.05, 3.63) is 18.0 Å². The molecule has 2 rings (SSSR count). The number of aliphatic carboxylic acids is 1. The Hall–Kier alpha value is -1.36. The van der Waals surface area contributed by atoms with Gasteiger partial charge in [0.2, 0.25) is 0 Å². The summed E-state index contributed by atoms with van der Waals surface area (Å²) in [5.74, 6) is -0.570. The third-order valence-corrected chi connectivity index (χ3v) is 4.35. The zero-order valence-corrected chi connectivity index (χ0v) is 11.7. The topological polar surface area (TPSA) is 81.1 Å². The van der Waals surface area contributed by atoms with E-state index in [1.807, 2.05) is 16.9 Å². The Morgan fingerprint density at radius 1 is 1.68 bits per heavy atom. The molecule has 0 spiro atoms. The Labute approximate surface area is 113 Å². The molecule has 0 aliphatic heterocycles. The van der Waals surface area contributed by atoms with Crippen LogP contribution in [0.5, 0.6) is 0 Å². The predicted molar refractivity (Wildman–Crippen MR) is 72.8 cm³/mol. The maximum atomic E-state index is 11.6. The summed E-state index contributed by atoms with van der Waals surface area (Å²) in [5.41, 5.74) is 5.78. The molecule has 2 unspecified atom stereocenters. The van der Waals surface area contributed by atoms with Gasteiger partial charge in [-0.05, 0) is 38.2 Å². The fourth-order valence-electron chi connectivity index (χ4n) is 2.58. The van der Waals surface area contributed by atoms with Crippen LogP contribution in [0.15, 0.2) is 12.3 Å². The third kappa shape index (κ3) is 2.66. The highest BCUT2D eigenvalue weighted by Gasteiger charge is 2.50. The normalized spacial score (nSPS) is 19.9. The summed E-state index contributed by atoms with van der Waals surface area (Å²) in [6, 6.07) is 2.26. The number of rotatable bonds is 7. The number of hydrogen-bond donors (Lipinski definition) is 2. The summed E-state index contributed by atoms with van der Waals surface area (Å²) in [4.78, 5) is 11.6. The van der Waals surface area contributed by atoms with Crippen LogP contribution in [0, 0.1) is 11.3 Å². The molecule has 0 saturated heterocycles. The van der Waals surface area contributed by atoms with Crippen molar-refractivity contribution in [3.63, 3.8) is 0 Å². The molecular weight excluding hydrogens is 242 g/mol. The number of carboxylic acids is 1. The van der Waals surface area contributed by atoms with Gasteiger partial charge in [-0.3, -0.25) is 9.48 Å². The molecule has 0 bridgehead atoms. The van der Waals surface area contributed by atoms with Crippen molar-refractivity contribution in [2.75, 3.05) is 6.54 Å². The number of carboxylic acid groups (broad SMARTS) is 1. The van der Waals surface area contributed by atoms with Crippen LogP contribution in [0.2, 0.25) is 0 Å². The molecule has 1 fully saturated rings. The highest BCUT2D eigenvalue weighted by Crippen LogP contribution is 2.47. The maximum absolute atomic E-state index is 11.6. The van der Waals surface area contributed by atoms with Crippen molar-refractivity contribution in [1.29, 1.82) is 0 Å². The van der Waals surface area contributed by atoms with Gasteiger partial charge in [0.1, 0.15) is 0 Å². The molecule has 3 N–H and O–H groups in total. The van der Waals surface area contributed by atoms with E-state index in [-0.39, 0.29) is 12.5 Å². The van der Waals surface area contributed by atoms with Crippen molar-refractivity contribution in [1.82, 2.24) is 9.78 Å². The van der Waals surface area contributed by atoms with Crippen LogP contribution in [-0.4, -0.2) is 27.4 Å². The molecule has 19 heavy (non-hydrogen) atoms. The van der Waals surface area contributed by atoms with E-state index in [9.17, 15) is 9.90 Å². The Balaban J connectivity index is 2.17. The van der Waals surface area contributed by atoms with Gasteiger partial charge in [-0.2, -0.15) is 5.10 Å². The van der Waals surface area contributed by atoms with Crippen LogP contribution < -0.4 is 5.73 Å². The zero-order chi connectivity index (χ0) is 14.0. The van der Waals surface area contributed by atoms with Gasteiger partial charge >= 0.3 is 5.97 Å². The van der Waals surface area contributed by atoms with Crippen molar-refractivity contribution < 1.29 is 9.90 Å². The first-order chi connectivity index (χ1) is 9.03. The molecular formula is C14H23N3O2. The monoisotopic (exact) mass is 265 g/mol. The van der Waals surface area contributed by atoms with E-state index in [0.717, 1.165) is 25.0 Å². The molecule has 2 atom stereocenters. The second kappa shape index (κ2) is 5.33. The fourth-order valence-corrected chi connectivity index (χ4v) is 2.58. The van der Waals surface area contributed by atoms with Crippen LogP contribution in [0.4, 0.5) is 0 Å². The molecule has 1 saturated carbocycles. The summed E-state index contributed by atoms with van der Waals surface area (Å²) in [6.07, 6.45) is 5.31. The summed E-state index contributed by atoms with van der Waals surface area (Å²) < 4.78 is 1.91. The lowest BCUT2D eigenvalue weighted by Crippen LogP contribution is -2.42. The van der Waals surface area contributed by atoms with E-state index in [1.54, 1.807) is 0 Å². The van der Waals surface area contributed by atoms with Crippen LogP contribution in [0.1, 0.15) is 44.8 Å². The van der Waals surface area contributed by atoms with Crippen LogP contribution in [-0.2, 0) is 11.2 Å². The molecule has 1 aromatic rings. The number of carbonyl (C=O) groups is 1. The molecule has 1 heterocycles. The van der Waals surface area contributed by atoms with Gasteiger partial charge in [-0.15, -0.1) is 0 Å². The number of nitrogens with two attached hydrogens (primary N) is 1. The minimum atomic E-state index is -0.825. The predicted octanol–water partition coefficient (Wildman–Crippen LogP) is 1.84. The van der Waals surface area contributed by atoms with Gasteiger partial charge in [-0.25, -0.2) is 0 Å². The molecule has 106 valence electrons. The Bertz CT molecular complexity index is 453. The smallest absolute Gasteiger partial charge is 0.311 e. The molecule has 1 aliphatic carbocycles. The van der Waals surface area contributed by atoms with Gasteiger partial charge < -0.3 is 10.8 Å². The second-order valence-corrected chi connectivity index (χ2v) is 5.66. The molecule has 0 radical (unpaired) electrons. The van der Waals surface area contributed by atoms with Crippen molar-refractivity contribution >= 4 is 5.97 Å². The quantitative estimate of drug-likeness (QED) is 0.788. The Kier molecular flexibility index (Phi) is 3.94. The van der Waals surface area contributed by atoms with E-state index in [4.69, 9.17) is 5.73 Å². The molecule has 5 nitrogen and oxygen atoms in total. The highest BCUT2D eigenvalue weighted by atomic mass is 16.4. The van der Waals surface area contributed by atoms with E-state index in [0.29, 0.717) is 12.5 Å². The zero-order valence-electron chi connectivity index (χ0n) is 11.7. The van der Waals surface area contributed by atoms with Crippen molar-refractivity contribution in [2.24, 2.45) is 17.1 Å². The summed E-state index contributed by atoms with van der Waals surface area (Å²) in [6.45, 7) is 4.39. The van der Waals surface area contributed by atoms with Crippen molar-refractivity contribution in [3.8, 4) is 0 Å². The third-order valence-electron chi connectivity index (χ3n) is 4.35. The van der Waals surface area contributed by atoms with Crippen LogP contribution in [0.25, 0.3) is 0 Å². The summed E-state index contributed by atoms with van der Waals surface area (Å²) >= 11 is 0. The van der Waals surface area contributed by atoms with Crippen LogP contribution in [0.3, 0.4) is 0 Å². The number of aromatic nitrogens is 2. The average molecular weight is 265 g/mol. The fraction of sp³-hybridized carbons (Fsp3) is 0.714. The lowest BCUT2D eigenvalue weighted by Gasteiger charge is -2.27. The van der Waals surface area contributed by atoms with Gasteiger partial charge in [0, 0.05) is 25.2 Å². The molecule has 1 aliphatic rings. The standard InChI is InChI=1S/C14H23N3O2/c1-3-10(2)17-7-6-12(16-17)8-14(9-15,13(18)19)11-4-5-11/h6-7,10-11H,3-5,8-9,15H2,1-2H3,(H,18,19). The lowest BCUT2D eigenvalue weighted by atomic mass is 9.78. The second-order valence-electron chi connectivity index (χ2n) is 5.66. The summed E-state index contributed by atoms with van der Waals surface area (Å²) in [5, 5.41) is 14.0. The van der Waals surface area contributed by atoms with Gasteiger partial charge in [0.25, 0.3) is 0 Å². The highest BCUT2D eigenvalue weighted by molar-refractivity contribution is 5.76. The summed E-state index contributed by atoms with van der Waals surface area (Å²) in [7, 11) is 0. The minimum absolute atomic E-state index is 0.184. The average Bonchev–Trinajstić information content (AvgIpc) is 3.15. The molecule has 5 heteroatoms. The number of nitrogens with zero attached hydrogens (tertiary/aromatic N) is 2. The van der Waals surface area contributed by atoms with E-state index < -0.39 is 11.4 Å².